The maximum absolute atomic E-state index is 2.30. The van der Waals surface area contributed by atoms with Gasteiger partial charge in [-0.2, -0.15) is 0 Å². The molecule has 0 spiro atoms. The number of hydrogen-bond acceptors (Lipinski definition) is 1. The lowest BCUT2D eigenvalue weighted by Gasteiger charge is -2.10. The van der Waals surface area contributed by atoms with Gasteiger partial charge in [0.15, 0.2) is 0 Å². The first kappa shape index (κ1) is 9.33. The van der Waals surface area contributed by atoms with Crippen LogP contribution in [0.25, 0.3) is 0 Å². The molecule has 0 aliphatic carbocycles. The molecular formula is C10H18N2. The number of nitrogens with zero attached hydrogens (tertiary/aromatic N) is 2. The van der Waals surface area contributed by atoms with Crippen LogP contribution in [0.3, 0.4) is 0 Å². The molecule has 2 heteroatoms. The lowest BCUT2D eigenvalue weighted by Crippen LogP contribution is -2.15. The van der Waals surface area contributed by atoms with Crippen LogP contribution in [0.15, 0.2) is 18.3 Å². The van der Waals surface area contributed by atoms with Crippen LogP contribution in [0, 0.1) is 6.92 Å². The van der Waals surface area contributed by atoms with Crippen molar-refractivity contribution in [3.63, 3.8) is 0 Å². The largest absolute Gasteiger partial charge is 0.352 e. The first-order valence-corrected chi connectivity index (χ1v) is 4.46. The van der Waals surface area contributed by atoms with Crippen molar-refractivity contribution in [3.05, 3.63) is 24.0 Å². The highest BCUT2D eigenvalue weighted by Crippen LogP contribution is 2.01. The summed E-state index contributed by atoms with van der Waals surface area (Å²) in [5.74, 6) is 0. The van der Waals surface area contributed by atoms with E-state index in [2.05, 4.69) is 48.8 Å². The summed E-state index contributed by atoms with van der Waals surface area (Å²) in [4.78, 5) is 2.22. The first-order valence-electron chi connectivity index (χ1n) is 4.46. The van der Waals surface area contributed by atoms with Crippen molar-refractivity contribution in [2.75, 3.05) is 20.6 Å². The molecule has 0 bridgehead atoms. The van der Waals surface area contributed by atoms with Gasteiger partial charge >= 0.3 is 0 Å². The molecule has 0 atom stereocenters. The standard InChI is InChI=1S/C10H18N2/c1-10-6-4-8-12(10)9-5-7-11(2)3/h4,6,8H,5,7,9H2,1-3H3. The number of rotatable bonds is 4. The van der Waals surface area contributed by atoms with Crippen molar-refractivity contribution in [1.29, 1.82) is 0 Å². The van der Waals surface area contributed by atoms with Gasteiger partial charge in [0.05, 0.1) is 0 Å². The van der Waals surface area contributed by atoms with Crippen LogP contribution >= 0.6 is 0 Å². The molecule has 0 N–H and O–H groups in total. The van der Waals surface area contributed by atoms with Crippen molar-refractivity contribution < 1.29 is 0 Å². The van der Waals surface area contributed by atoms with E-state index < -0.39 is 0 Å². The van der Waals surface area contributed by atoms with E-state index in [1.807, 2.05) is 0 Å². The summed E-state index contributed by atoms with van der Waals surface area (Å²) in [7, 11) is 4.23. The first-order chi connectivity index (χ1) is 5.70. The van der Waals surface area contributed by atoms with Crippen LogP contribution in [0.1, 0.15) is 12.1 Å². The third-order valence-electron chi connectivity index (χ3n) is 2.06. The van der Waals surface area contributed by atoms with Gasteiger partial charge in [0.1, 0.15) is 0 Å². The molecule has 0 fully saturated rings. The van der Waals surface area contributed by atoms with Crippen LogP contribution in [-0.4, -0.2) is 30.1 Å². The number of aromatic nitrogens is 1. The molecule has 1 heterocycles. The van der Waals surface area contributed by atoms with Crippen LogP contribution in [0.2, 0.25) is 0 Å². The Morgan fingerprint density at radius 3 is 2.67 bits per heavy atom. The zero-order chi connectivity index (χ0) is 8.97. The van der Waals surface area contributed by atoms with Gasteiger partial charge < -0.3 is 9.47 Å². The summed E-state index contributed by atoms with van der Waals surface area (Å²) in [6.07, 6.45) is 3.37. The van der Waals surface area contributed by atoms with Crippen LogP contribution in [0.5, 0.6) is 0 Å². The van der Waals surface area contributed by atoms with E-state index in [1.165, 1.54) is 12.1 Å². The van der Waals surface area contributed by atoms with E-state index in [0.29, 0.717) is 0 Å². The van der Waals surface area contributed by atoms with Gasteiger partial charge in [-0.05, 0) is 46.1 Å². The highest BCUT2D eigenvalue weighted by Gasteiger charge is 1.95. The van der Waals surface area contributed by atoms with Gasteiger partial charge in [0.25, 0.3) is 0 Å². The van der Waals surface area contributed by atoms with Crippen LogP contribution in [0.4, 0.5) is 0 Å². The predicted molar refractivity (Wildman–Crippen MR) is 52.3 cm³/mol. The number of aryl methyl sites for hydroxylation is 2. The molecular weight excluding hydrogens is 148 g/mol. The van der Waals surface area contributed by atoms with Crippen molar-refractivity contribution in [1.82, 2.24) is 9.47 Å². The summed E-state index contributed by atoms with van der Waals surface area (Å²) in [5.41, 5.74) is 1.36. The summed E-state index contributed by atoms with van der Waals surface area (Å²) >= 11 is 0. The van der Waals surface area contributed by atoms with Crippen LogP contribution < -0.4 is 0 Å². The molecule has 0 amide bonds. The lowest BCUT2D eigenvalue weighted by atomic mass is 10.4. The highest BCUT2D eigenvalue weighted by molar-refractivity contribution is 5.04. The van der Waals surface area contributed by atoms with Gasteiger partial charge in [-0.25, -0.2) is 0 Å². The average Bonchev–Trinajstić information content (AvgIpc) is 2.36. The number of hydrogen-bond donors (Lipinski definition) is 0. The maximum atomic E-state index is 2.30. The van der Waals surface area contributed by atoms with E-state index in [9.17, 15) is 0 Å². The SMILES string of the molecule is Cc1cccn1CCCN(C)C. The minimum atomic E-state index is 1.14. The van der Waals surface area contributed by atoms with Gasteiger partial charge in [0.2, 0.25) is 0 Å². The summed E-state index contributed by atoms with van der Waals surface area (Å²) in [6.45, 7) is 4.45. The molecule has 1 aromatic rings. The Bertz CT molecular complexity index is 225. The Morgan fingerprint density at radius 2 is 2.17 bits per heavy atom. The Balaban J connectivity index is 2.29. The van der Waals surface area contributed by atoms with E-state index in [0.717, 1.165) is 13.1 Å². The molecule has 68 valence electrons. The summed E-state index contributed by atoms with van der Waals surface area (Å²) in [5, 5.41) is 0. The van der Waals surface area contributed by atoms with Crippen molar-refractivity contribution in [3.8, 4) is 0 Å². The normalized spacial score (nSPS) is 11.0. The Kier molecular flexibility index (Phi) is 3.35. The molecule has 0 radical (unpaired) electrons. The molecule has 0 unspecified atom stereocenters. The minimum Gasteiger partial charge on any atom is -0.352 e. The Morgan fingerprint density at radius 1 is 1.42 bits per heavy atom. The van der Waals surface area contributed by atoms with Gasteiger partial charge in [-0.15, -0.1) is 0 Å². The van der Waals surface area contributed by atoms with Gasteiger partial charge in [-0.1, -0.05) is 0 Å². The van der Waals surface area contributed by atoms with Crippen molar-refractivity contribution in [2.45, 2.75) is 19.9 Å². The molecule has 0 aliphatic rings. The second-order valence-electron chi connectivity index (χ2n) is 3.50. The zero-order valence-electron chi connectivity index (χ0n) is 8.25. The molecule has 0 aromatic carbocycles. The molecule has 0 saturated heterocycles. The molecule has 2 nitrogen and oxygen atoms in total. The molecule has 0 saturated carbocycles. The van der Waals surface area contributed by atoms with E-state index in [1.54, 1.807) is 0 Å². The second kappa shape index (κ2) is 4.31. The minimum absolute atomic E-state index is 1.14. The van der Waals surface area contributed by atoms with E-state index in [-0.39, 0.29) is 0 Å². The fourth-order valence-electron chi connectivity index (χ4n) is 1.31. The van der Waals surface area contributed by atoms with E-state index in [4.69, 9.17) is 0 Å². The fraction of sp³-hybridized carbons (Fsp3) is 0.600. The lowest BCUT2D eigenvalue weighted by molar-refractivity contribution is 0.385. The van der Waals surface area contributed by atoms with Gasteiger partial charge in [0, 0.05) is 18.4 Å². The second-order valence-corrected chi connectivity index (χ2v) is 3.50. The third kappa shape index (κ3) is 2.70. The maximum Gasteiger partial charge on any atom is 0.0234 e. The highest BCUT2D eigenvalue weighted by atomic mass is 15.1. The monoisotopic (exact) mass is 166 g/mol. The predicted octanol–water partition coefficient (Wildman–Crippen LogP) is 1.75. The topological polar surface area (TPSA) is 8.17 Å². The quantitative estimate of drug-likeness (QED) is 0.661. The zero-order valence-corrected chi connectivity index (χ0v) is 8.25. The molecule has 1 aromatic heterocycles. The molecule has 1 rings (SSSR count). The fourth-order valence-corrected chi connectivity index (χ4v) is 1.31. The average molecular weight is 166 g/mol. The van der Waals surface area contributed by atoms with Crippen molar-refractivity contribution >= 4 is 0 Å². The Hall–Kier alpha value is -0.760. The van der Waals surface area contributed by atoms with Crippen molar-refractivity contribution in [2.24, 2.45) is 0 Å². The van der Waals surface area contributed by atoms with Crippen LogP contribution in [-0.2, 0) is 6.54 Å². The van der Waals surface area contributed by atoms with Gasteiger partial charge in [-0.3, -0.25) is 0 Å². The smallest absolute Gasteiger partial charge is 0.0234 e. The molecule has 12 heavy (non-hydrogen) atoms. The van der Waals surface area contributed by atoms with E-state index >= 15 is 0 Å². The third-order valence-corrected chi connectivity index (χ3v) is 2.06. The summed E-state index contributed by atoms with van der Waals surface area (Å²) in [6, 6.07) is 4.25. The summed E-state index contributed by atoms with van der Waals surface area (Å²) < 4.78 is 2.30. The Labute approximate surface area is 74.8 Å². The molecule has 0 aliphatic heterocycles.